The number of hydrogen-bond donors (Lipinski definition) is 1. The van der Waals surface area contributed by atoms with Crippen molar-refractivity contribution in [2.45, 2.75) is 6.42 Å². The van der Waals surface area contributed by atoms with Gasteiger partial charge in [0.25, 0.3) is 5.91 Å². The molecule has 0 saturated heterocycles. The summed E-state index contributed by atoms with van der Waals surface area (Å²) in [6.07, 6.45) is 0.614. The maximum Gasteiger partial charge on any atom is 0.257 e. The minimum absolute atomic E-state index is 0.0586. The van der Waals surface area contributed by atoms with Gasteiger partial charge >= 0.3 is 0 Å². The van der Waals surface area contributed by atoms with Crippen molar-refractivity contribution in [3.63, 3.8) is 0 Å². The quantitative estimate of drug-likeness (QED) is 0.725. The fraction of sp³-hybridized carbons (Fsp3) is 0.316. The highest BCUT2D eigenvalue weighted by atomic mass is 35.5. The van der Waals surface area contributed by atoms with Gasteiger partial charge in [-0.05, 0) is 48.4 Å². The second-order valence-electron chi connectivity index (χ2n) is 5.38. The smallest absolute Gasteiger partial charge is 0.257 e. The molecule has 0 radical (unpaired) electrons. The monoisotopic (exact) mass is 379 g/mol. The van der Waals surface area contributed by atoms with Crippen molar-refractivity contribution in [1.29, 1.82) is 0 Å². The van der Waals surface area contributed by atoms with E-state index in [1.807, 2.05) is 12.1 Å². The van der Waals surface area contributed by atoms with Crippen LogP contribution in [-0.4, -0.2) is 40.4 Å². The molecule has 140 valence electrons. The van der Waals surface area contributed by atoms with E-state index in [0.29, 0.717) is 41.0 Å². The van der Waals surface area contributed by atoms with Crippen LogP contribution in [0.4, 0.5) is 0 Å². The van der Waals surface area contributed by atoms with Crippen molar-refractivity contribution >= 4 is 17.5 Å². The fourth-order valence-electron chi connectivity index (χ4n) is 2.36. The summed E-state index contributed by atoms with van der Waals surface area (Å²) in [5, 5.41) is 3.43. The summed E-state index contributed by atoms with van der Waals surface area (Å²) in [5.74, 6) is 2.10. The van der Waals surface area contributed by atoms with E-state index in [1.165, 1.54) is 0 Å². The summed E-state index contributed by atoms with van der Waals surface area (Å²) in [4.78, 5) is 11.9. The number of halogens is 1. The summed E-state index contributed by atoms with van der Waals surface area (Å²) in [5.41, 5.74) is 0.957. The zero-order chi connectivity index (χ0) is 18.9. The summed E-state index contributed by atoms with van der Waals surface area (Å²) in [6.45, 7) is 0.401. The van der Waals surface area contributed by atoms with Crippen LogP contribution in [-0.2, 0) is 11.2 Å². The Morgan fingerprint density at radius 3 is 2.15 bits per heavy atom. The lowest BCUT2D eigenvalue weighted by atomic mass is 10.1. The van der Waals surface area contributed by atoms with E-state index in [-0.39, 0.29) is 12.5 Å². The highest BCUT2D eigenvalue weighted by Gasteiger charge is 2.13. The molecule has 0 aliphatic carbocycles. The summed E-state index contributed by atoms with van der Waals surface area (Å²) in [6, 6.07) is 10.6. The predicted molar refractivity (Wildman–Crippen MR) is 99.8 cm³/mol. The molecule has 0 spiro atoms. The fourth-order valence-corrected chi connectivity index (χ4v) is 2.48. The number of carbonyl (C=O) groups is 1. The first-order chi connectivity index (χ1) is 12.6. The first-order valence-corrected chi connectivity index (χ1v) is 8.39. The molecule has 6 nitrogen and oxygen atoms in total. The van der Waals surface area contributed by atoms with Crippen LogP contribution in [0.1, 0.15) is 5.56 Å². The third kappa shape index (κ3) is 5.46. The Bertz CT molecular complexity index is 708. The summed E-state index contributed by atoms with van der Waals surface area (Å²) in [7, 11) is 4.69. The van der Waals surface area contributed by atoms with Crippen LogP contribution in [0.15, 0.2) is 36.4 Å². The van der Waals surface area contributed by atoms with E-state index in [1.54, 1.807) is 45.6 Å². The molecule has 26 heavy (non-hydrogen) atoms. The van der Waals surface area contributed by atoms with Gasteiger partial charge in [-0.3, -0.25) is 4.79 Å². The Kier molecular flexibility index (Phi) is 7.41. The van der Waals surface area contributed by atoms with E-state index < -0.39 is 0 Å². The van der Waals surface area contributed by atoms with Gasteiger partial charge in [0.1, 0.15) is 5.75 Å². The number of carbonyl (C=O) groups excluding carboxylic acids is 1. The SMILES string of the molecule is COc1cc(CCNC(=O)COc2ccc(Cl)cc2)cc(OC)c1OC. The van der Waals surface area contributed by atoms with Crippen LogP contribution < -0.4 is 24.3 Å². The van der Waals surface area contributed by atoms with Gasteiger partial charge in [-0.2, -0.15) is 0 Å². The van der Waals surface area contributed by atoms with Crippen LogP contribution in [0.25, 0.3) is 0 Å². The zero-order valence-corrected chi connectivity index (χ0v) is 15.8. The molecule has 0 saturated carbocycles. The first-order valence-electron chi connectivity index (χ1n) is 8.01. The number of rotatable bonds is 9. The zero-order valence-electron chi connectivity index (χ0n) is 15.0. The van der Waals surface area contributed by atoms with Crippen molar-refractivity contribution in [3.05, 3.63) is 47.0 Å². The molecule has 1 amide bonds. The van der Waals surface area contributed by atoms with Crippen molar-refractivity contribution in [1.82, 2.24) is 5.32 Å². The van der Waals surface area contributed by atoms with Gasteiger partial charge in [0, 0.05) is 11.6 Å². The molecule has 1 N–H and O–H groups in total. The maximum atomic E-state index is 11.9. The Labute approximate surface area is 158 Å². The minimum atomic E-state index is -0.201. The number of hydrogen-bond acceptors (Lipinski definition) is 5. The minimum Gasteiger partial charge on any atom is -0.493 e. The Balaban J connectivity index is 1.84. The van der Waals surface area contributed by atoms with E-state index in [9.17, 15) is 4.79 Å². The third-order valence-corrected chi connectivity index (χ3v) is 3.90. The van der Waals surface area contributed by atoms with Gasteiger partial charge in [-0.1, -0.05) is 11.6 Å². The lowest BCUT2D eigenvalue weighted by Gasteiger charge is -2.14. The Hall–Kier alpha value is -2.60. The number of nitrogens with one attached hydrogen (secondary N) is 1. The second kappa shape index (κ2) is 9.77. The molecule has 7 heteroatoms. The number of amides is 1. The highest BCUT2D eigenvalue weighted by molar-refractivity contribution is 6.30. The van der Waals surface area contributed by atoms with Gasteiger partial charge in [-0.25, -0.2) is 0 Å². The van der Waals surface area contributed by atoms with Crippen molar-refractivity contribution < 1.29 is 23.7 Å². The molecule has 0 atom stereocenters. The molecule has 0 heterocycles. The van der Waals surface area contributed by atoms with Crippen LogP contribution in [0.5, 0.6) is 23.0 Å². The molecule has 0 bridgehead atoms. The molecule has 2 aromatic carbocycles. The lowest BCUT2D eigenvalue weighted by Crippen LogP contribution is -2.30. The Morgan fingerprint density at radius 1 is 1.00 bits per heavy atom. The lowest BCUT2D eigenvalue weighted by molar-refractivity contribution is -0.123. The number of ether oxygens (including phenoxy) is 4. The van der Waals surface area contributed by atoms with E-state index in [2.05, 4.69) is 5.32 Å². The van der Waals surface area contributed by atoms with E-state index >= 15 is 0 Å². The largest absolute Gasteiger partial charge is 0.493 e. The standard InChI is InChI=1S/C19H22ClNO5/c1-23-16-10-13(11-17(24-2)19(16)25-3)8-9-21-18(22)12-26-15-6-4-14(20)5-7-15/h4-7,10-11H,8-9,12H2,1-3H3,(H,21,22). The highest BCUT2D eigenvalue weighted by Crippen LogP contribution is 2.38. The number of benzene rings is 2. The first kappa shape index (κ1) is 19.7. The molecular weight excluding hydrogens is 358 g/mol. The second-order valence-corrected chi connectivity index (χ2v) is 5.81. The van der Waals surface area contributed by atoms with Crippen molar-refractivity contribution in [2.75, 3.05) is 34.5 Å². The molecular formula is C19H22ClNO5. The van der Waals surface area contributed by atoms with Gasteiger partial charge < -0.3 is 24.3 Å². The molecule has 0 aliphatic heterocycles. The van der Waals surface area contributed by atoms with E-state index in [0.717, 1.165) is 5.56 Å². The van der Waals surface area contributed by atoms with Crippen LogP contribution >= 0.6 is 11.6 Å². The Morgan fingerprint density at radius 2 is 1.62 bits per heavy atom. The van der Waals surface area contributed by atoms with Crippen LogP contribution in [0, 0.1) is 0 Å². The molecule has 2 aromatic rings. The van der Waals surface area contributed by atoms with Crippen molar-refractivity contribution in [3.8, 4) is 23.0 Å². The normalized spacial score (nSPS) is 10.2. The van der Waals surface area contributed by atoms with Crippen LogP contribution in [0.2, 0.25) is 5.02 Å². The van der Waals surface area contributed by atoms with Gasteiger partial charge in [-0.15, -0.1) is 0 Å². The van der Waals surface area contributed by atoms with Gasteiger partial charge in [0.2, 0.25) is 5.75 Å². The average Bonchev–Trinajstić information content (AvgIpc) is 2.66. The third-order valence-electron chi connectivity index (χ3n) is 3.64. The molecule has 0 aromatic heterocycles. The van der Waals surface area contributed by atoms with E-state index in [4.69, 9.17) is 30.5 Å². The van der Waals surface area contributed by atoms with Crippen molar-refractivity contribution in [2.24, 2.45) is 0 Å². The summed E-state index contributed by atoms with van der Waals surface area (Å²) < 4.78 is 21.3. The average molecular weight is 380 g/mol. The van der Waals surface area contributed by atoms with Gasteiger partial charge in [0.15, 0.2) is 18.1 Å². The predicted octanol–water partition coefficient (Wildman–Crippen LogP) is 3.10. The number of methoxy groups -OCH3 is 3. The summed E-state index contributed by atoms with van der Waals surface area (Å²) >= 11 is 5.80. The topological polar surface area (TPSA) is 66.0 Å². The van der Waals surface area contributed by atoms with Gasteiger partial charge in [0.05, 0.1) is 21.3 Å². The molecule has 2 rings (SSSR count). The molecule has 0 unspecified atom stereocenters. The molecule has 0 fully saturated rings. The maximum absolute atomic E-state index is 11.9. The van der Waals surface area contributed by atoms with Crippen LogP contribution in [0.3, 0.4) is 0 Å². The molecule has 0 aliphatic rings.